The van der Waals surface area contributed by atoms with E-state index in [4.69, 9.17) is 4.74 Å². The number of nitrogens with one attached hydrogen (secondary N) is 1. The molecule has 9 heteroatoms. The summed E-state index contributed by atoms with van der Waals surface area (Å²) < 4.78 is 58.8. The third-order valence-corrected chi connectivity index (χ3v) is 5.67. The Morgan fingerprint density at radius 1 is 1.04 bits per heavy atom. The molecule has 2 unspecified atom stereocenters. The number of nitrogens with zero attached hydrogens (tertiary/aromatic N) is 1. The van der Waals surface area contributed by atoms with Crippen LogP contribution in [0.15, 0.2) is 47.4 Å². The van der Waals surface area contributed by atoms with Gasteiger partial charge in [-0.3, -0.25) is 9.52 Å². The van der Waals surface area contributed by atoms with Gasteiger partial charge in [-0.1, -0.05) is 0 Å². The average Bonchev–Trinajstić information content (AvgIpc) is 2.63. The van der Waals surface area contributed by atoms with Gasteiger partial charge in [0, 0.05) is 24.3 Å². The van der Waals surface area contributed by atoms with Crippen LogP contribution < -0.4 is 4.72 Å². The van der Waals surface area contributed by atoms with Gasteiger partial charge in [-0.25, -0.2) is 17.2 Å². The van der Waals surface area contributed by atoms with Crippen LogP contribution in [0.1, 0.15) is 24.2 Å². The maximum atomic E-state index is 13.3. The Morgan fingerprint density at radius 2 is 1.64 bits per heavy atom. The average molecular weight is 410 g/mol. The Bertz CT molecular complexity index is 970. The lowest BCUT2D eigenvalue weighted by Crippen LogP contribution is -2.48. The van der Waals surface area contributed by atoms with Gasteiger partial charge in [-0.15, -0.1) is 0 Å². The molecule has 2 atom stereocenters. The number of carbonyl (C=O) groups excluding carboxylic acids is 1. The number of rotatable bonds is 4. The van der Waals surface area contributed by atoms with Gasteiger partial charge in [0.25, 0.3) is 15.9 Å². The number of anilines is 1. The molecule has 28 heavy (non-hydrogen) atoms. The molecule has 3 rings (SSSR count). The van der Waals surface area contributed by atoms with Crippen molar-refractivity contribution in [2.45, 2.75) is 31.0 Å². The van der Waals surface area contributed by atoms with E-state index in [1.807, 2.05) is 13.8 Å². The van der Waals surface area contributed by atoms with E-state index in [0.29, 0.717) is 24.7 Å². The molecule has 0 saturated carbocycles. The van der Waals surface area contributed by atoms with E-state index in [1.165, 1.54) is 24.3 Å². The van der Waals surface area contributed by atoms with Crippen molar-refractivity contribution in [1.82, 2.24) is 4.90 Å². The second kappa shape index (κ2) is 7.84. The first kappa shape index (κ1) is 20.2. The van der Waals surface area contributed by atoms with Gasteiger partial charge < -0.3 is 9.64 Å². The van der Waals surface area contributed by atoms with Crippen LogP contribution >= 0.6 is 0 Å². The normalized spacial score (nSPS) is 20.1. The Hall–Kier alpha value is -2.52. The van der Waals surface area contributed by atoms with Crippen LogP contribution in [0.2, 0.25) is 0 Å². The van der Waals surface area contributed by atoms with Crippen LogP contribution in [-0.4, -0.2) is 44.5 Å². The molecule has 1 heterocycles. The fraction of sp³-hybridized carbons (Fsp3) is 0.316. The minimum absolute atomic E-state index is 0.0603. The minimum Gasteiger partial charge on any atom is -0.372 e. The highest BCUT2D eigenvalue weighted by atomic mass is 32.2. The summed E-state index contributed by atoms with van der Waals surface area (Å²) in [5.41, 5.74) is 0.613. The van der Waals surface area contributed by atoms with Gasteiger partial charge in [0.2, 0.25) is 0 Å². The SMILES string of the molecule is CC1CN(C(=O)c2ccc(NS(=O)(=O)c3ccc(F)c(F)c3)cc2)CC(C)O1. The summed E-state index contributed by atoms with van der Waals surface area (Å²) in [4.78, 5) is 13.9. The predicted molar refractivity (Wildman–Crippen MR) is 99.5 cm³/mol. The van der Waals surface area contributed by atoms with Crippen molar-refractivity contribution in [1.29, 1.82) is 0 Å². The number of benzene rings is 2. The molecule has 1 saturated heterocycles. The van der Waals surface area contributed by atoms with E-state index in [0.717, 1.165) is 12.1 Å². The van der Waals surface area contributed by atoms with Crippen LogP contribution in [-0.2, 0) is 14.8 Å². The van der Waals surface area contributed by atoms with Crippen molar-refractivity contribution in [3.05, 3.63) is 59.7 Å². The van der Waals surface area contributed by atoms with E-state index < -0.39 is 26.6 Å². The lowest BCUT2D eigenvalue weighted by molar-refractivity contribution is -0.0586. The molecule has 6 nitrogen and oxygen atoms in total. The topological polar surface area (TPSA) is 75.7 Å². The molecule has 0 spiro atoms. The number of hydrogen-bond acceptors (Lipinski definition) is 4. The quantitative estimate of drug-likeness (QED) is 0.841. The molecule has 1 amide bonds. The molecule has 1 aliphatic heterocycles. The second-order valence-electron chi connectivity index (χ2n) is 6.73. The van der Waals surface area contributed by atoms with Crippen LogP contribution in [0.3, 0.4) is 0 Å². The van der Waals surface area contributed by atoms with E-state index in [-0.39, 0.29) is 23.8 Å². The first-order valence-corrected chi connectivity index (χ1v) is 10.2. The maximum absolute atomic E-state index is 13.3. The zero-order valence-electron chi connectivity index (χ0n) is 15.4. The van der Waals surface area contributed by atoms with Crippen molar-refractivity contribution in [3.8, 4) is 0 Å². The third kappa shape index (κ3) is 4.48. The maximum Gasteiger partial charge on any atom is 0.261 e. The number of ether oxygens (including phenoxy) is 1. The number of sulfonamides is 1. The molecule has 1 aliphatic rings. The van der Waals surface area contributed by atoms with E-state index >= 15 is 0 Å². The summed E-state index contributed by atoms with van der Waals surface area (Å²) in [5, 5.41) is 0. The largest absolute Gasteiger partial charge is 0.372 e. The van der Waals surface area contributed by atoms with Crippen molar-refractivity contribution >= 4 is 21.6 Å². The summed E-state index contributed by atoms with van der Waals surface area (Å²) in [6, 6.07) is 8.23. The van der Waals surface area contributed by atoms with Crippen molar-refractivity contribution < 1.29 is 26.7 Å². The molecule has 2 aromatic rings. The van der Waals surface area contributed by atoms with Crippen LogP contribution in [0.25, 0.3) is 0 Å². The van der Waals surface area contributed by atoms with Gasteiger partial charge in [0.15, 0.2) is 11.6 Å². The zero-order valence-corrected chi connectivity index (χ0v) is 16.2. The van der Waals surface area contributed by atoms with Crippen molar-refractivity contribution in [2.75, 3.05) is 17.8 Å². The molecule has 2 aromatic carbocycles. The fourth-order valence-electron chi connectivity index (χ4n) is 3.07. The van der Waals surface area contributed by atoms with Crippen LogP contribution in [0.4, 0.5) is 14.5 Å². The smallest absolute Gasteiger partial charge is 0.261 e. The first-order valence-electron chi connectivity index (χ1n) is 8.68. The first-order chi connectivity index (χ1) is 13.2. The lowest BCUT2D eigenvalue weighted by atomic mass is 10.1. The number of amides is 1. The molecule has 1 N–H and O–H groups in total. The summed E-state index contributed by atoms with van der Waals surface area (Å²) in [5.74, 6) is -2.55. The van der Waals surface area contributed by atoms with E-state index in [1.54, 1.807) is 4.90 Å². The summed E-state index contributed by atoms with van der Waals surface area (Å²) >= 11 is 0. The number of morpholine rings is 1. The summed E-state index contributed by atoms with van der Waals surface area (Å²) in [6.07, 6.45) is -0.121. The van der Waals surface area contributed by atoms with Gasteiger partial charge in [-0.05, 0) is 56.3 Å². The summed E-state index contributed by atoms with van der Waals surface area (Å²) in [7, 11) is -4.09. The van der Waals surface area contributed by atoms with Gasteiger partial charge >= 0.3 is 0 Å². The molecular formula is C19H20F2N2O4S. The second-order valence-corrected chi connectivity index (χ2v) is 8.41. The van der Waals surface area contributed by atoms with Crippen LogP contribution in [0, 0.1) is 11.6 Å². The molecule has 0 aliphatic carbocycles. The predicted octanol–water partition coefficient (Wildman–Crippen LogP) is 3.02. The Balaban J connectivity index is 1.73. The van der Waals surface area contributed by atoms with Gasteiger partial charge in [0.1, 0.15) is 0 Å². The highest BCUT2D eigenvalue weighted by Crippen LogP contribution is 2.20. The Labute approximate surface area is 162 Å². The molecule has 0 bridgehead atoms. The van der Waals surface area contributed by atoms with E-state index in [9.17, 15) is 22.0 Å². The van der Waals surface area contributed by atoms with Gasteiger partial charge in [-0.2, -0.15) is 0 Å². The number of hydrogen-bond donors (Lipinski definition) is 1. The Kier molecular flexibility index (Phi) is 5.66. The Morgan fingerprint density at radius 3 is 2.21 bits per heavy atom. The molecule has 0 aromatic heterocycles. The minimum atomic E-state index is -4.09. The summed E-state index contributed by atoms with van der Waals surface area (Å²) in [6.45, 7) is 4.75. The number of halogens is 2. The van der Waals surface area contributed by atoms with E-state index in [2.05, 4.69) is 4.72 Å². The molecular weight excluding hydrogens is 390 g/mol. The molecule has 1 fully saturated rings. The van der Waals surface area contributed by atoms with Crippen molar-refractivity contribution in [2.24, 2.45) is 0 Å². The third-order valence-electron chi connectivity index (χ3n) is 4.29. The highest BCUT2D eigenvalue weighted by Gasteiger charge is 2.26. The van der Waals surface area contributed by atoms with Gasteiger partial charge in [0.05, 0.1) is 17.1 Å². The lowest BCUT2D eigenvalue weighted by Gasteiger charge is -2.35. The monoisotopic (exact) mass is 410 g/mol. The standard InChI is InChI=1S/C19H20F2N2O4S/c1-12-10-23(11-13(2)27-12)19(24)14-3-5-15(6-4-14)22-28(25,26)16-7-8-17(20)18(21)9-16/h3-9,12-13,22H,10-11H2,1-2H3. The van der Waals surface area contributed by atoms with Crippen molar-refractivity contribution in [3.63, 3.8) is 0 Å². The zero-order chi connectivity index (χ0) is 20.5. The molecule has 150 valence electrons. The molecule has 0 radical (unpaired) electrons. The number of carbonyl (C=O) groups is 1. The highest BCUT2D eigenvalue weighted by molar-refractivity contribution is 7.92. The van der Waals surface area contributed by atoms with Crippen LogP contribution in [0.5, 0.6) is 0 Å². The fourth-order valence-corrected chi connectivity index (χ4v) is 4.14.